The molecule has 6 nitrogen and oxygen atoms in total. The van der Waals surface area contributed by atoms with Crippen molar-refractivity contribution in [2.24, 2.45) is 0 Å². The lowest BCUT2D eigenvalue weighted by molar-refractivity contribution is -0.141. The number of aromatic amines is 1. The molecule has 0 fully saturated rings. The molecule has 2 N–H and O–H groups in total. The zero-order valence-electron chi connectivity index (χ0n) is 14.4. The first-order valence-corrected chi connectivity index (χ1v) is 7.88. The maximum atomic E-state index is 9.55. The summed E-state index contributed by atoms with van der Waals surface area (Å²) in [7, 11) is 1.50. The van der Waals surface area contributed by atoms with Gasteiger partial charge >= 0.3 is 0 Å². The Hall–Kier alpha value is -3.17. The molecule has 0 saturated carbocycles. The lowest BCUT2D eigenvalue weighted by Crippen LogP contribution is -2.02. The zero-order chi connectivity index (χ0) is 17.9. The summed E-state index contributed by atoms with van der Waals surface area (Å²) in [6.45, 7) is 5.98. The minimum Gasteiger partial charge on any atom is -0.481 e. The second kappa shape index (κ2) is 5.16. The lowest BCUT2D eigenvalue weighted by atomic mass is 10.0. The van der Waals surface area contributed by atoms with Gasteiger partial charge in [-0.2, -0.15) is 5.26 Å². The van der Waals surface area contributed by atoms with Crippen LogP contribution in [-0.2, 0) is 0 Å². The summed E-state index contributed by atoms with van der Waals surface area (Å²) in [5, 5.41) is 21.0. The number of aryl methyl sites for hydroxylation is 3. The van der Waals surface area contributed by atoms with Gasteiger partial charge in [0.1, 0.15) is 17.1 Å². The molecule has 0 bridgehead atoms. The van der Waals surface area contributed by atoms with Crippen LogP contribution < -0.4 is 9.62 Å². The van der Waals surface area contributed by atoms with Crippen LogP contribution in [0.5, 0.6) is 11.8 Å². The van der Waals surface area contributed by atoms with Crippen LogP contribution in [0.1, 0.15) is 22.3 Å². The Morgan fingerprint density at radius 1 is 1.12 bits per heavy atom. The molecule has 25 heavy (non-hydrogen) atoms. The largest absolute Gasteiger partial charge is 0.481 e. The molecule has 0 saturated heterocycles. The van der Waals surface area contributed by atoms with Crippen molar-refractivity contribution >= 4 is 27.3 Å². The lowest BCUT2D eigenvalue weighted by Gasteiger charge is -2.11. The third-order valence-electron chi connectivity index (χ3n) is 4.98. The number of nitrogens with zero attached hydrogens (tertiary/aromatic N) is 2. The number of rotatable bonds is 2. The van der Waals surface area contributed by atoms with Crippen LogP contribution >= 0.6 is 0 Å². The van der Waals surface area contributed by atoms with Crippen molar-refractivity contribution in [3.63, 3.8) is 0 Å². The molecular formula is C19H17N3O3. The van der Waals surface area contributed by atoms with Gasteiger partial charge in [0, 0.05) is 16.3 Å². The number of hydrogen-bond acceptors (Lipinski definition) is 4. The fourth-order valence-corrected chi connectivity index (χ4v) is 3.58. The predicted octanol–water partition coefficient (Wildman–Crippen LogP) is 4.23. The molecule has 3 heterocycles. The average molecular weight is 335 g/mol. The molecule has 0 aliphatic rings. The van der Waals surface area contributed by atoms with E-state index < -0.39 is 0 Å². The van der Waals surface area contributed by atoms with E-state index in [0.29, 0.717) is 17.0 Å². The minimum atomic E-state index is 0.201. The maximum Gasteiger partial charge on any atom is 0.268 e. The average Bonchev–Trinajstić information content (AvgIpc) is 3.12. The number of nitrogens with one attached hydrogen (secondary N) is 1. The van der Waals surface area contributed by atoms with Crippen LogP contribution in [0.25, 0.3) is 27.3 Å². The summed E-state index contributed by atoms with van der Waals surface area (Å²) in [4.78, 5) is 8.06. The van der Waals surface area contributed by atoms with Crippen LogP contribution in [0.3, 0.4) is 0 Å². The van der Waals surface area contributed by atoms with Crippen molar-refractivity contribution in [1.82, 2.24) is 9.38 Å². The van der Waals surface area contributed by atoms with E-state index in [-0.39, 0.29) is 5.88 Å². The van der Waals surface area contributed by atoms with Crippen molar-refractivity contribution in [3.8, 4) is 17.8 Å². The van der Waals surface area contributed by atoms with E-state index in [4.69, 9.17) is 9.62 Å². The first-order chi connectivity index (χ1) is 12.0. The Bertz CT molecular complexity index is 1210. The molecule has 0 radical (unpaired) electrons. The fraction of sp³-hybridized carbons (Fsp3) is 0.211. The number of hydrogen-bond donors (Lipinski definition) is 2. The van der Waals surface area contributed by atoms with Crippen LogP contribution in [-0.4, -0.2) is 21.8 Å². The highest BCUT2D eigenvalue weighted by Gasteiger charge is 2.24. The standard InChI is InChI=1S/C19H17N3O3/c1-9-5-6-12-15-14-7-10(2)13(8-20)18(24-4)22(14)19(25-23)17(15)21-16(12)11(9)3/h5-7,21,23H,1-4H3. The van der Waals surface area contributed by atoms with Gasteiger partial charge in [0.2, 0.25) is 5.88 Å². The molecule has 0 unspecified atom stereocenters. The molecule has 4 rings (SSSR count). The first kappa shape index (κ1) is 15.4. The molecule has 1 aromatic carbocycles. The number of nitriles is 1. The summed E-state index contributed by atoms with van der Waals surface area (Å²) in [6.07, 6.45) is 0. The molecule has 126 valence electrons. The van der Waals surface area contributed by atoms with Gasteiger partial charge in [-0.15, -0.1) is 0 Å². The molecule has 0 atom stereocenters. The van der Waals surface area contributed by atoms with E-state index in [9.17, 15) is 10.5 Å². The smallest absolute Gasteiger partial charge is 0.268 e. The van der Waals surface area contributed by atoms with E-state index in [1.165, 1.54) is 12.7 Å². The summed E-state index contributed by atoms with van der Waals surface area (Å²) < 4.78 is 7.09. The molecule has 0 amide bonds. The van der Waals surface area contributed by atoms with Crippen LogP contribution in [0.4, 0.5) is 0 Å². The minimum absolute atomic E-state index is 0.201. The second-order valence-electron chi connectivity index (χ2n) is 6.25. The highest BCUT2D eigenvalue weighted by molar-refractivity contribution is 6.18. The van der Waals surface area contributed by atoms with E-state index in [1.54, 1.807) is 4.40 Å². The molecule has 0 spiro atoms. The predicted molar refractivity (Wildman–Crippen MR) is 95.5 cm³/mol. The molecule has 6 heteroatoms. The third kappa shape index (κ3) is 1.81. The van der Waals surface area contributed by atoms with Gasteiger partial charge in [0.05, 0.1) is 12.6 Å². The molecule has 4 aromatic rings. The molecule has 3 aromatic heterocycles. The summed E-state index contributed by atoms with van der Waals surface area (Å²) in [5.74, 6) is 0.537. The Kier molecular flexibility index (Phi) is 3.17. The van der Waals surface area contributed by atoms with Crippen molar-refractivity contribution < 1.29 is 14.9 Å². The molecule has 0 aliphatic carbocycles. The van der Waals surface area contributed by atoms with Crippen LogP contribution in [0.15, 0.2) is 18.2 Å². The fourth-order valence-electron chi connectivity index (χ4n) is 3.58. The Balaban J connectivity index is 2.33. The van der Waals surface area contributed by atoms with Crippen molar-refractivity contribution in [1.29, 1.82) is 5.26 Å². The van der Waals surface area contributed by atoms with Crippen molar-refractivity contribution in [2.75, 3.05) is 7.11 Å². The second-order valence-corrected chi connectivity index (χ2v) is 6.25. The van der Waals surface area contributed by atoms with Crippen LogP contribution in [0, 0.1) is 32.1 Å². The SMILES string of the molecule is COc1c(C#N)c(C)cc2c3c([nH]c4c(C)c(C)ccc43)c(OO)n12. The highest BCUT2D eigenvalue weighted by Crippen LogP contribution is 2.42. The van der Waals surface area contributed by atoms with Crippen molar-refractivity contribution in [2.45, 2.75) is 20.8 Å². The summed E-state index contributed by atoms with van der Waals surface area (Å²) >= 11 is 0. The number of benzene rings is 1. The normalized spacial score (nSPS) is 11.4. The van der Waals surface area contributed by atoms with E-state index in [2.05, 4.69) is 37.0 Å². The number of pyridine rings is 1. The molecule has 0 aliphatic heterocycles. The van der Waals surface area contributed by atoms with Gasteiger partial charge in [-0.05, 0) is 43.5 Å². The van der Waals surface area contributed by atoms with E-state index in [1.807, 2.05) is 13.0 Å². The summed E-state index contributed by atoms with van der Waals surface area (Å²) in [6, 6.07) is 8.19. The quantitative estimate of drug-likeness (QED) is 0.424. The Morgan fingerprint density at radius 2 is 1.88 bits per heavy atom. The number of H-pyrrole nitrogens is 1. The Morgan fingerprint density at radius 3 is 2.52 bits per heavy atom. The zero-order valence-corrected chi connectivity index (χ0v) is 14.4. The monoisotopic (exact) mass is 335 g/mol. The van der Waals surface area contributed by atoms with Crippen LogP contribution in [0.2, 0.25) is 0 Å². The number of methoxy groups -OCH3 is 1. The number of ether oxygens (including phenoxy) is 1. The van der Waals surface area contributed by atoms with Gasteiger partial charge in [0.25, 0.3) is 5.88 Å². The highest BCUT2D eigenvalue weighted by atomic mass is 17.1. The number of fused-ring (bicyclic) bond motifs is 5. The van der Waals surface area contributed by atoms with Gasteiger partial charge < -0.3 is 14.6 Å². The first-order valence-electron chi connectivity index (χ1n) is 7.88. The van der Waals surface area contributed by atoms with Gasteiger partial charge in [-0.25, -0.2) is 9.66 Å². The van der Waals surface area contributed by atoms with Gasteiger partial charge in [-0.1, -0.05) is 12.1 Å². The number of aromatic nitrogens is 2. The maximum absolute atomic E-state index is 9.55. The Labute approximate surface area is 143 Å². The topological polar surface area (TPSA) is 82.7 Å². The summed E-state index contributed by atoms with van der Waals surface area (Å²) in [5.41, 5.74) is 6.01. The van der Waals surface area contributed by atoms with Crippen molar-refractivity contribution in [3.05, 3.63) is 40.5 Å². The third-order valence-corrected chi connectivity index (χ3v) is 4.98. The van der Waals surface area contributed by atoms with E-state index in [0.717, 1.165) is 32.9 Å². The van der Waals surface area contributed by atoms with Gasteiger partial charge in [-0.3, -0.25) is 0 Å². The molecular weight excluding hydrogens is 318 g/mol. The van der Waals surface area contributed by atoms with E-state index >= 15 is 0 Å². The van der Waals surface area contributed by atoms with Gasteiger partial charge in [0.15, 0.2) is 0 Å².